The average Bonchev–Trinajstić information content (AvgIpc) is 2.57. The summed E-state index contributed by atoms with van der Waals surface area (Å²) in [6.07, 6.45) is 5.36. The zero-order chi connectivity index (χ0) is 13.6. The van der Waals surface area contributed by atoms with E-state index in [9.17, 15) is 9.59 Å². The van der Waals surface area contributed by atoms with Crippen LogP contribution in [0.15, 0.2) is 0 Å². The number of primary amides is 1. The van der Waals surface area contributed by atoms with Crippen LogP contribution in [0.4, 0.5) is 0 Å². The molecule has 3 N–H and O–H groups in total. The van der Waals surface area contributed by atoms with Crippen molar-refractivity contribution in [3.63, 3.8) is 0 Å². The molecule has 0 aromatic rings. The highest BCUT2D eigenvalue weighted by atomic mass is 16.5. The van der Waals surface area contributed by atoms with E-state index in [-0.39, 0.29) is 5.91 Å². The fourth-order valence-electron chi connectivity index (χ4n) is 2.54. The lowest BCUT2D eigenvalue weighted by atomic mass is 9.89. The molecule has 104 valence electrons. The number of hydrogen-bond acceptors (Lipinski definition) is 3. The number of nitrogens with one attached hydrogen (secondary N) is 1. The maximum Gasteiger partial charge on any atom is 0.249 e. The number of rotatable bonds is 5. The van der Waals surface area contributed by atoms with Gasteiger partial charge in [-0.1, -0.05) is 32.6 Å². The molecule has 5 nitrogen and oxygen atoms in total. The normalized spacial score (nSPS) is 20.8. The lowest BCUT2D eigenvalue weighted by molar-refractivity contribution is -0.138. The Bertz CT molecular complexity index is 293. The van der Waals surface area contributed by atoms with Crippen molar-refractivity contribution in [2.24, 2.45) is 5.73 Å². The minimum atomic E-state index is -0.875. The van der Waals surface area contributed by atoms with Crippen LogP contribution in [0.2, 0.25) is 0 Å². The SMILES string of the molecule is CC[C@@H](OC)C(=O)NC1(C(N)=O)CCCCCC1. The lowest BCUT2D eigenvalue weighted by Gasteiger charge is -2.31. The van der Waals surface area contributed by atoms with Crippen LogP contribution in [0, 0.1) is 0 Å². The van der Waals surface area contributed by atoms with E-state index in [1.807, 2.05) is 6.92 Å². The average molecular weight is 256 g/mol. The highest BCUT2D eigenvalue weighted by Gasteiger charge is 2.39. The summed E-state index contributed by atoms with van der Waals surface area (Å²) >= 11 is 0. The second-order valence-corrected chi connectivity index (χ2v) is 4.98. The molecule has 1 atom stereocenters. The maximum absolute atomic E-state index is 12.1. The number of hydrogen-bond donors (Lipinski definition) is 2. The van der Waals surface area contributed by atoms with Crippen molar-refractivity contribution in [3.05, 3.63) is 0 Å². The molecule has 5 heteroatoms. The van der Waals surface area contributed by atoms with E-state index < -0.39 is 17.6 Å². The van der Waals surface area contributed by atoms with E-state index >= 15 is 0 Å². The Kier molecular flexibility index (Phi) is 5.59. The van der Waals surface area contributed by atoms with Crippen molar-refractivity contribution in [3.8, 4) is 0 Å². The molecule has 1 fully saturated rings. The predicted molar refractivity (Wildman–Crippen MR) is 68.9 cm³/mol. The molecule has 1 saturated carbocycles. The third-order valence-electron chi connectivity index (χ3n) is 3.74. The predicted octanol–water partition coefficient (Wildman–Crippen LogP) is 1.11. The van der Waals surface area contributed by atoms with Gasteiger partial charge < -0.3 is 15.8 Å². The van der Waals surface area contributed by atoms with E-state index in [1.54, 1.807) is 0 Å². The lowest BCUT2D eigenvalue weighted by Crippen LogP contribution is -2.59. The van der Waals surface area contributed by atoms with Gasteiger partial charge in [-0.25, -0.2) is 0 Å². The Morgan fingerprint density at radius 3 is 2.22 bits per heavy atom. The molecule has 0 aromatic carbocycles. The molecule has 0 spiro atoms. The largest absolute Gasteiger partial charge is 0.372 e. The van der Waals surface area contributed by atoms with Crippen LogP contribution < -0.4 is 11.1 Å². The van der Waals surface area contributed by atoms with E-state index in [2.05, 4.69) is 5.32 Å². The fraction of sp³-hybridized carbons (Fsp3) is 0.846. The van der Waals surface area contributed by atoms with Crippen molar-refractivity contribution in [2.75, 3.05) is 7.11 Å². The van der Waals surface area contributed by atoms with Crippen LogP contribution in [-0.2, 0) is 14.3 Å². The molecule has 0 bridgehead atoms. The molecule has 0 heterocycles. The van der Waals surface area contributed by atoms with Crippen LogP contribution in [-0.4, -0.2) is 30.6 Å². The Balaban J connectivity index is 2.78. The van der Waals surface area contributed by atoms with Gasteiger partial charge in [-0.15, -0.1) is 0 Å². The second-order valence-electron chi connectivity index (χ2n) is 4.98. The fourth-order valence-corrected chi connectivity index (χ4v) is 2.54. The smallest absolute Gasteiger partial charge is 0.249 e. The van der Waals surface area contributed by atoms with Gasteiger partial charge in [0.1, 0.15) is 11.6 Å². The molecule has 0 radical (unpaired) electrons. The van der Waals surface area contributed by atoms with Crippen molar-refractivity contribution in [1.82, 2.24) is 5.32 Å². The van der Waals surface area contributed by atoms with Gasteiger partial charge in [-0.05, 0) is 19.3 Å². The topological polar surface area (TPSA) is 81.4 Å². The van der Waals surface area contributed by atoms with Gasteiger partial charge in [0.05, 0.1) is 0 Å². The molecule has 1 rings (SSSR count). The summed E-state index contributed by atoms with van der Waals surface area (Å²) in [5.41, 5.74) is 4.63. The van der Waals surface area contributed by atoms with Crippen molar-refractivity contribution < 1.29 is 14.3 Å². The first kappa shape index (κ1) is 15.0. The zero-order valence-electron chi connectivity index (χ0n) is 11.3. The number of amides is 2. The van der Waals surface area contributed by atoms with E-state index in [0.717, 1.165) is 25.7 Å². The van der Waals surface area contributed by atoms with Crippen LogP contribution in [0.3, 0.4) is 0 Å². The Morgan fingerprint density at radius 1 is 1.28 bits per heavy atom. The van der Waals surface area contributed by atoms with Crippen LogP contribution in [0.25, 0.3) is 0 Å². The summed E-state index contributed by atoms with van der Waals surface area (Å²) < 4.78 is 5.09. The van der Waals surface area contributed by atoms with Crippen LogP contribution in [0.1, 0.15) is 51.9 Å². The molecule has 18 heavy (non-hydrogen) atoms. The molecule has 0 aliphatic heterocycles. The molecule has 0 unspecified atom stereocenters. The summed E-state index contributed by atoms with van der Waals surface area (Å²) in [7, 11) is 1.50. The molecule has 0 saturated heterocycles. The number of carbonyl (C=O) groups excluding carboxylic acids is 2. The third-order valence-corrected chi connectivity index (χ3v) is 3.74. The molecule has 1 aliphatic rings. The van der Waals surface area contributed by atoms with Gasteiger partial charge in [0.25, 0.3) is 0 Å². The number of ether oxygens (including phenoxy) is 1. The Labute approximate surface area is 108 Å². The van der Waals surface area contributed by atoms with Gasteiger partial charge in [0.15, 0.2) is 0 Å². The standard InChI is InChI=1S/C13H24N2O3/c1-3-10(18-2)11(16)15-13(12(14)17)8-6-4-5-7-9-13/h10H,3-9H2,1-2H3,(H2,14,17)(H,15,16)/t10-/m1/s1. The Morgan fingerprint density at radius 2 is 1.83 bits per heavy atom. The molecular formula is C13H24N2O3. The van der Waals surface area contributed by atoms with Crippen LogP contribution >= 0.6 is 0 Å². The summed E-state index contributed by atoms with van der Waals surface area (Å²) in [4.78, 5) is 23.8. The van der Waals surface area contributed by atoms with Gasteiger partial charge in [0, 0.05) is 7.11 Å². The first-order chi connectivity index (χ1) is 8.55. The molecular weight excluding hydrogens is 232 g/mol. The molecule has 0 aromatic heterocycles. The highest BCUT2D eigenvalue weighted by molar-refractivity contribution is 5.91. The Hall–Kier alpha value is -1.10. The van der Waals surface area contributed by atoms with Gasteiger partial charge in [-0.2, -0.15) is 0 Å². The molecule has 2 amide bonds. The zero-order valence-corrected chi connectivity index (χ0v) is 11.3. The third kappa shape index (κ3) is 3.45. The minimum Gasteiger partial charge on any atom is -0.372 e. The van der Waals surface area contributed by atoms with Crippen molar-refractivity contribution >= 4 is 11.8 Å². The number of methoxy groups -OCH3 is 1. The van der Waals surface area contributed by atoms with E-state index in [1.165, 1.54) is 7.11 Å². The van der Waals surface area contributed by atoms with Crippen molar-refractivity contribution in [2.45, 2.75) is 63.5 Å². The first-order valence-corrected chi connectivity index (χ1v) is 6.70. The summed E-state index contributed by atoms with van der Waals surface area (Å²) in [5, 5.41) is 2.84. The summed E-state index contributed by atoms with van der Waals surface area (Å²) in [6.45, 7) is 1.87. The van der Waals surface area contributed by atoms with Crippen molar-refractivity contribution in [1.29, 1.82) is 0 Å². The number of carbonyl (C=O) groups is 2. The van der Waals surface area contributed by atoms with Crippen LogP contribution in [0.5, 0.6) is 0 Å². The van der Waals surface area contributed by atoms with E-state index in [0.29, 0.717) is 19.3 Å². The summed E-state index contributed by atoms with van der Waals surface area (Å²) in [5.74, 6) is -0.663. The van der Waals surface area contributed by atoms with E-state index in [4.69, 9.17) is 10.5 Å². The minimum absolute atomic E-state index is 0.235. The number of nitrogens with two attached hydrogens (primary N) is 1. The van der Waals surface area contributed by atoms with Gasteiger partial charge in [-0.3, -0.25) is 9.59 Å². The summed E-state index contributed by atoms with van der Waals surface area (Å²) in [6, 6.07) is 0. The molecule has 1 aliphatic carbocycles. The highest BCUT2D eigenvalue weighted by Crippen LogP contribution is 2.27. The second kappa shape index (κ2) is 6.73. The maximum atomic E-state index is 12.1. The quantitative estimate of drug-likeness (QED) is 0.723. The first-order valence-electron chi connectivity index (χ1n) is 6.70. The van der Waals surface area contributed by atoms with Gasteiger partial charge in [0.2, 0.25) is 11.8 Å². The monoisotopic (exact) mass is 256 g/mol. The van der Waals surface area contributed by atoms with Gasteiger partial charge >= 0.3 is 0 Å².